The Morgan fingerprint density at radius 3 is 2.29 bits per heavy atom. The summed E-state index contributed by atoms with van der Waals surface area (Å²) >= 11 is 0. The van der Waals surface area contributed by atoms with E-state index in [0.29, 0.717) is 12.1 Å². The minimum atomic E-state index is -3.76. The lowest BCUT2D eigenvalue weighted by Crippen LogP contribution is -2.01. The van der Waals surface area contributed by atoms with Crippen LogP contribution in [0.5, 0.6) is 0 Å². The van der Waals surface area contributed by atoms with Crippen molar-refractivity contribution >= 4 is 22.2 Å². The van der Waals surface area contributed by atoms with Gasteiger partial charge in [-0.1, -0.05) is 0 Å². The Labute approximate surface area is 80.0 Å². The van der Waals surface area contributed by atoms with E-state index >= 15 is 0 Å². The fourth-order valence-electron chi connectivity index (χ4n) is 0.923. The number of hydrogen-bond acceptors (Lipinski definition) is 3. The van der Waals surface area contributed by atoms with Gasteiger partial charge in [0.05, 0.1) is 0 Å². The van der Waals surface area contributed by atoms with Crippen LogP contribution in [0.1, 0.15) is 0 Å². The van der Waals surface area contributed by atoms with Crippen LogP contribution in [-0.4, -0.2) is 21.4 Å². The zero-order chi connectivity index (χ0) is 10.9. The van der Waals surface area contributed by atoms with Crippen LogP contribution < -0.4 is 0 Å². The molecule has 0 unspecified atom stereocenters. The van der Waals surface area contributed by atoms with E-state index in [1.165, 1.54) is 0 Å². The van der Waals surface area contributed by atoms with Gasteiger partial charge in [-0.15, -0.1) is 0 Å². The lowest BCUT2D eigenvalue weighted by molar-refractivity contribution is 0.557. The Kier molecular flexibility index (Phi) is 2.66. The van der Waals surface area contributed by atoms with E-state index in [0.717, 1.165) is 6.26 Å². The molecule has 0 saturated carbocycles. The molecular weight excluding hydrogens is 212 g/mol. The largest absolute Gasteiger partial charge is 0.261 e. The highest BCUT2D eigenvalue weighted by atomic mass is 32.2. The molecule has 1 aromatic rings. The van der Waals surface area contributed by atoms with Gasteiger partial charge < -0.3 is 0 Å². The van der Waals surface area contributed by atoms with Crippen molar-refractivity contribution < 1.29 is 17.2 Å². The van der Waals surface area contributed by atoms with E-state index in [-0.39, 0.29) is 5.69 Å². The molecule has 6 heteroatoms. The maximum Gasteiger partial charge on any atom is 0.178 e. The first-order chi connectivity index (χ1) is 6.36. The molecule has 0 N–H and O–H groups in total. The van der Waals surface area contributed by atoms with E-state index in [2.05, 4.69) is 11.7 Å². The normalized spacial score (nSPS) is 11.4. The molecule has 0 aliphatic heterocycles. The van der Waals surface area contributed by atoms with Crippen LogP contribution in [-0.2, 0) is 9.84 Å². The lowest BCUT2D eigenvalue weighted by Gasteiger charge is -2.02. The van der Waals surface area contributed by atoms with Crippen molar-refractivity contribution in [1.29, 1.82) is 0 Å². The predicted molar refractivity (Wildman–Crippen MR) is 48.7 cm³/mol. The Balaban J connectivity index is 3.52. The monoisotopic (exact) mass is 219 g/mol. The number of nitrogens with zero attached hydrogens (tertiary/aromatic N) is 1. The van der Waals surface area contributed by atoms with Crippen molar-refractivity contribution in [3.63, 3.8) is 0 Å². The molecule has 1 aromatic carbocycles. The summed E-state index contributed by atoms with van der Waals surface area (Å²) < 4.78 is 48.0. The van der Waals surface area contributed by atoms with Gasteiger partial charge in [-0.05, 0) is 12.8 Å². The molecule has 14 heavy (non-hydrogen) atoms. The molecular formula is C8H7F2NO2S. The molecule has 76 valence electrons. The zero-order valence-corrected chi connectivity index (χ0v) is 8.11. The summed E-state index contributed by atoms with van der Waals surface area (Å²) in [4.78, 5) is 2.52. The lowest BCUT2D eigenvalue weighted by atomic mass is 10.3. The van der Waals surface area contributed by atoms with Gasteiger partial charge in [0.2, 0.25) is 0 Å². The molecule has 3 nitrogen and oxygen atoms in total. The van der Waals surface area contributed by atoms with Gasteiger partial charge in [0.15, 0.2) is 9.84 Å². The Morgan fingerprint density at radius 2 is 1.86 bits per heavy atom. The Morgan fingerprint density at radius 1 is 1.29 bits per heavy atom. The van der Waals surface area contributed by atoms with E-state index in [1.807, 2.05) is 0 Å². The highest BCUT2D eigenvalue weighted by Gasteiger charge is 2.16. The minimum absolute atomic E-state index is 0.310. The van der Waals surface area contributed by atoms with Crippen LogP contribution in [0.15, 0.2) is 22.0 Å². The SMILES string of the molecule is C=Nc1cc(F)c(S(C)(=O)=O)cc1F. The summed E-state index contributed by atoms with van der Waals surface area (Å²) in [6, 6.07) is 1.29. The molecule has 0 aliphatic rings. The number of rotatable bonds is 2. The molecule has 0 fully saturated rings. The maximum atomic E-state index is 13.1. The summed E-state index contributed by atoms with van der Waals surface area (Å²) in [6.07, 6.45) is 0.797. The van der Waals surface area contributed by atoms with Gasteiger partial charge in [-0.2, -0.15) is 0 Å². The smallest absolute Gasteiger partial charge is 0.178 e. The van der Waals surface area contributed by atoms with Crippen molar-refractivity contribution in [3.05, 3.63) is 23.8 Å². The van der Waals surface area contributed by atoms with Crippen molar-refractivity contribution in [1.82, 2.24) is 0 Å². The second kappa shape index (κ2) is 3.45. The Bertz CT molecular complexity index is 482. The number of halogens is 2. The van der Waals surface area contributed by atoms with Gasteiger partial charge in [0.1, 0.15) is 22.2 Å². The van der Waals surface area contributed by atoms with Crippen molar-refractivity contribution in [3.8, 4) is 0 Å². The third-order valence-electron chi connectivity index (χ3n) is 1.57. The molecule has 0 aromatic heterocycles. The average molecular weight is 219 g/mol. The first-order valence-corrected chi connectivity index (χ1v) is 5.41. The standard InChI is InChI=1S/C8H7F2NO2S/c1-11-7-3-6(10)8(4-5(7)9)14(2,12)13/h3-4H,1H2,2H3. The average Bonchev–Trinajstić information content (AvgIpc) is 2.06. The molecule has 0 radical (unpaired) electrons. The fourth-order valence-corrected chi connectivity index (χ4v) is 1.65. The molecule has 0 atom stereocenters. The minimum Gasteiger partial charge on any atom is -0.261 e. The molecule has 0 amide bonds. The summed E-state index contributed by atoms with van der Waals surface area (Å²) in [5.41, 5.74) is -0.310. The molecule has 1 rings (SSSR count). The summed E-state index contributed by atoms with van der Waals surface area (Å²) in [5.74, 6) is -1.95. The van der Waals surface area contributed by atoms with E-state index in [1.54, 1.807) is 0 Å². The van der Waals surface area contributed by atoms with Crippen LogP contribution in [0, 0.1) is 11.6 Å². The molecule has 0 aliphatic carbocycles. The highest BCUT2D eigenvalue weighted by molar-refractivity contribution is 7.90. The predicted octanol–water partition coefficient (Wildman–Crippen LogP) is 1.70. The highest BCUT2D eigenvalue weighted by Crippen LogP contribution is 2.24. The third kappa shape index (κ3) is 1.95. The first-order valence-electron chi connectivity index (χ1n) is 3.52. The van der Waals surface area contributed by atoms with Gasteiger partial charge in [-0.3, -0.25) is 4.99 Å². The number of benzene rings is 1. The quantitative estimate of drug-likeness (QED) is 0.711. The second-order valence-corrected chi connectivity index (χ2v) is 4.65. The van der Waals surface area contributed by atoms with Crippen LogP contribution in [0.3, 0.4) is 0 Å². The topological polar surface area (TPSA) is 46.5 Å². The first kappa shape index (κ1) is 10.8. The summed E-state index contributed by atoms with van der Waals surface area (Å²) in [6.45, 7) is 3.02. The van der Waals surface area contributed by atoms with Crippen molar-refractivity contribution in [2.45, 2.75) is 4.90 Å². The van der Waals surface area contributed by atoms with Crippen LogP contribution in [0.4, 0.5) is 14.5 Å². The van der Waals surface area contributed by atoms with E-state index < -0.39 is 26.4 Å². The Hall–Kier alpha value is -1.30. The van der Waals surface area contributed by atoms with Crippen molar-refractivity contribution in [2.24, 2.45) is 4.99 Å². The number of hydrogen-bond donors (Lipinski definition) is 0. The van der Waals surface area contributed by atoms with E-state index in [4.69, 9.17) is 0 Å². The summed E-state index contributed by atoms with van der Waals surface area (Å²) in [5, 5.41) is 0. The fraction of sp³-hybridized carbons (Fsp3) is 0.125. The second-order valence-electron chi connectivity index (χ2n) is 2.66. The third-order valence-corrected chi connectivity index (χ3v) is 2.68. The van der Waals surface area contributed by atoms with Gasteiger partial charge in [-0.25, -0.2) is 17.2 Å². The van der Waals surface area contributed by atoms with Gasteiger partial charge in [0, 0.05) is 12.3 Å². The summed E-state index contributed by atoms with van der Waals surface area (Å²) in [7, 11) is -3.76. The van der Waals surface area contributed by atoms with E-state index in [9.17, 15) is 17.2 Å². The molecule has 0 bridgehead atoms. The number of aliphatic imine (C=N–C) groups is 1. The van der Waals surface area contributed by atoms with Crippen LogP contribution >= 0.6 is 0 Å². The van der Waals surface area contributed by atoms with Crippen LogP contribution in [0.2, 0.25) is 0 Å². The van der Waals surface area contributed by atoms with Crippen LogP contribution in [0.25, 0.3) is 0 Å². The number of sulfone groups is 1. The molecule has 0 heterocycles. The van der Waals surface area contributed by atoms with Crippen molar-refractivity contribution in [2.75, 3.05) is 6.26 Å². The zero-order valence-electron chi connectivity index (χ0n) is 7.29. The van der Waals surface area contributed by atoms with Gasteiger partial charge >= 0.3 is 0 Å². The van der Waals surface area contributed by atoms with Gasteiger partial charge in [0.25, 0.3) is 0 Å². The molecule has 0 saturated heterocycles. The maximum absolute atomic E-state index is 13.1. The molecule has 0 spiro atoms.